The molecule has 0 atom stereocenters. The molecule has 12 heavy (non-hydrogen) atoms. The molecule has 2 aromatic rings. The minimum atomic E-state index is 0.365. The molecule has 0 aliphatic heterocycles. The Hall–Kier alpha value is -1.82. The molecule has 0 saturated carbocycles. The molecule has 0 bridgehead atoms. The molecule has 3 heteroatoms. The number of nitrogens with zero attached hydrogens (tertiary/aromatic N) is 2. The van der Waals surface area contributed by atoms with Crippen LogP contribution >= 0.6 is 0 Å². The average molecular weight is 157 g/mol. The number of hydrogen-bond acceptors (Lipinski definition) is 2. The van der Waals surface area contributed by atoms with E-state index in [1.807, 2.05) is 24.3 Å². The van der Waals surface area contributed by atoms with Crippen LogP contribution < -0.4 is 0 Å². The fraction of sp³-hybridized carbons (Fsp3) is 0.111. The van der Waals surface area contributed by atoms with Crippen molar-refractivity contribution in [2.45, 2.75) is 6.42 Å². The van der Waals surface area contributed by atoms with Gasteiger partial charge in [-0.15, -0.1) is 0 Å². The van der Waals surface area contributed by atoms with Gasteiger partial charge in [0.2, 0.25) is 0 Å². The van der Waals surface area contributed by atoms with Gasteiger partial charge in [0.1, 0.15) is 0 Å². The van der Waals surface area contributed by atoms with Crippen molar-refractivity contribution in [3.8, 4) is 6.07 Å². The molecule has 0 spiro atoms. The van der Waals surface area contributed by atoms with Crippen LogP contribution in [0.2, 0.25) is 0 Å². The number of benzene rings is 1. The third kappa shape index (κ3) is 0.940. The highest BCUT2D eigenvalue weighted by molar-refractivity contribution is 5.81. The quantitative estimate of drug-likeness (QED) is 0.684. The molecule has 1 N–H and O–H groups in total. The monoisotopic (exact) mass is 157 g/mol. The van der Waals surface area contributed by atoms with Crippen molar-refractivity contribution < 1.29 is 0 Å². The maximum atomic E-state index is 8.49. The number of hydrogen-bond donors (Lipinski definition) is 1. The first-order valence-electron chi connectivity index (χ1n) is 3.71. The van der Waals surface area contributed by atoms with Crippen LogP contribution in [0.15, 0.2) is 24.3 Å². The SMILES string of the molecule is N#CCc1n[nH]c2ccccc12. The fourth-order valence-electron chi connectivity index (χ4n) is 1.23. The van der Waals surface area contributed by atoms with Gasteiger partial charge in [-0.3, -0.25) is 5.10 Å². The summed E-state index contributed by atoms with van der Waals surface area (Å²) in [7, 11) is 0. The van der Waals surface area contributed by atoms with Gasteiger partial charge in [-0.1, -0.05) is 18.2 Å². The van der Waals surface area contributed by atoms with Crippen LogP contribution in [-0.2, 0) is 6.42 Å². The first-order valence-corrected chi connectivity index (χ1v) is 3.71. The number of rotatable bonds is 1. The molecule has 1 aromatic heterocycles. The zero-order valence-corrected chi connectivity index (χ0v) is 6.41. The molecule has 0 aliphatic rings. The Balaban J connectivity index is 2.64. The molecule has 0 radical (unpaired) electrons. The van der Waals surface area contributed by atoms with E-state index in [0.717, 1.165) is 16.6 Å². The van der Waals surface area contributed by atoms with E-state index in [0.29, 0.717) is 6.42 Å². The second-order valence-corrected chi connectivity index (χ2v) is 2.55. The van der Waals surface area contributed by atoms with Crippen LogP contribution in [0.5, 0.6) is 0 Å². The summed E-state index contributed by atoms with van der Waals surface area (Å²) in [6.07, 6.45) is 0.365. The fourth-order valence-corrected chi connectivity index (χ4v) is 1.23. The van der Waals surface area contributed by atoms with Crippen molar-refractivity contribution >= 4 is 10.9 Å². The highest BCUT2D eigenvalue weighted by Gasteiger charge is 2.02. The van der Waals surface area contributed by atoms with E-state index in [4.69, 9.17) is 5.26 Å². The second-order valence-electron chi connectivity index (χ2n) is 2.55. The van der Waals surface area contributed by atoms with Crippen LogP contribution in [0.4, 0.5) is 0 Å². The van der Waals surface area contributed by atoms with Gasteiger partial charge < -0.3 is 0 Å². The third-order valence-electron chi connectivity index (χ3n) is 1.80. The lowest BCUT2D eigenvalue weighted by Crippen LogP contribution is -1.80. The van der Waals surface area contributed by atoms with Crippen LogP contribution in [0.25, 0.3) is 10.9 Å². The molecule has 1 heterocycles. The second kappa shape index (κ2) is 2.67. The van der Waals surface area contributed by atoms with Gasteiger partial charge in [0.15, 0.2) is 0 Å². The maximum absolute atomic E-state index is 8.49. The van der Waals surface area contributed by atoms with Crippen molar-refractivity contribution in [1.29, 1.82) is 5.26 Å². The Bertz CT molecular complexity index is 436. The summed E-state index contributed by atoms with van der Waals surface area (Å²) in [6, 6.07) is 9.88. The highest BCUT2D eigenvalue weighted by Crippen LogP contribution is 2.14. The summed E-state index contributed by atoms with van der Waals surface area (Å²) in [4.78, 5) is 0. The van der Waals surface area contributed by atoms with Crippen LogP contribution in [0.1, 0.15) is 5.69 Å². The largest absolute Gasteiger partial charge is 0.278 e. The van der Waals surface area contributed by atoms with Crippen LogP contribution in [0.3, 0.4) is 0 Å². The molecule has 0 aliphatic carbocycles. The zero-order chi connectivity index (χ0) is 8.39. The number of aromatic nitrogens is 2. The molecule has 1 aromatic carbocycles. The van der Waals surface area contributed by atoms with E-state index < -0.39 is 0 Å². The number of para-hydroxylation sites is 1. The molecule has 0 amide bonds. The number of aromatic amines is 1. The first-order chi connectivity index (χ1) is 5.92. The Kier molecular flexibility index (Phi) is 1.52. The van der Waals surface area contributed by atoms with E-state index >= 15 is 0 Å². The van der Waals surface area contributed by atoms with Gasteiger partial charge in [-0.2, -0.15) is 10.4 Å². The molecule has 0 fully saturated rings. The molecule has 58 valence electrons. The molecule has 0 saturated heterocycles. The first kappa shape index (κ1) is 6.86. The van der Waals surface area contributed by atoms with Gasteiger partial charge in [-0.25, -0.2) is 0 Å². The van der Waals surface area contributed by atoms with E-state index in [1.54, 1.807) is 0 Å². The van der Waals surface area contributed by atoms with Gasteiger partial charge >= 0.3 is 0 Å². The van der Waals surface area contributed by atoms with Gasteiger partial charge in [-0.05, 0) is 6.07 Å². The number of H-pyrrole nitrogens is 1. The number of nitrogens with one attached hydrogen (secondary N) is 1. The molecular formula is C9H7N3. The van der Waals surface area contributed by atoms with Gasteiger partial charge in [0.05, 0.1) is 23.7 Å². The summed E-state index contributed by atoms with van der Waals surface area (Å²) in [5.41, 5.74) is 1.82. The topological polar surface area (TPSA) is 52.5 Å². The van der Waals surface area contributed by atoms with E-state index in [1.165, 1.54) is 0 Å². The van der Waals surface area contributed by atoms with E-state index in [2.05, 4.69) is 16.3 Å². The summed E-state index contributed by atoms with van der Waals surface area (Å²) in [5.74, 6) is 0. The van der Waals surface area contributed by atoms with Crippen molar-refractivity contribution in [2.24, 2.45) is 0 Å². The van der Waals surface area contributed by atoms with E-state index in [9.17, 15) is 0 Å². The van der Waals surface area contributed by atoms with Crippen LogP contribution in [-0.4, -0.2) is 10.2 Å². The average Bonchev–Trinajstić information content (AvgIpc) is 2.50. The Labute approximate surface area is 69.6 Å². The van der Waals surface area contributed by atoms with E-state index in [-0.39, 0.29) is 0 Å². The lowest BCUT2D eigenvalue weighted by molar-refractivity contribution is 1.03. The minimum Gasteiger partial charge on any atom is -0.278 e. The standard InChI is InChI=1S/C9H7N3/c10-6-5-9-7-3-1-2-4-8(7)11-12-9/h1-4H,5H2,(H,11,12). The predicted molar refractivity (Wildman–Crippen MR) is 45.4 cm³/mol. The van der Waals surface area contributed by atoms with Crippen molar-refractivity contribution in [3.05, 3.63) is 30.0 Å². The Morgan fingerprint density at radius 2 is 2.25 bits per heavy atom. The minimum absolute atomic E-state index is 0.365. The summed E-state index contributed by atoms with van der Waals surface area (Å²) < 4.78 is 0. The summed E-state index contributed by atoms with van der Waals surface area (Å²) in [6.45, 7) is 0. The number of nitriles is 1. The Morgan fingerprint density at radius 3 is 3.08 bits per heavy atom. The highest BCUT2D eigenvalue weighted by atomic mass is 15.1. The Morgan fingerprint density at radius 1 is 1.42 bits per heavy atom. The molecule has 3 nitrogen and oxygen atoms in total. The molecule has 2 rings (SSSR count). The summed E-state index contributed by atoms with van der Waals surface area (Å²) >= 11 is 0. The molecular weight excluding hydrogens is 150 g/mol. The molecule has 0 unspecified atom stereocenters. The van der Waals surface area contributed by atoms with Gasteiger partial charge in [0, 0.05) is 5.39 Å². The van der Waals surface area contributed by atoms with Crippen LogP contribution in [0, 0.1) is 11.3 Å². The normalized spacial score (nSPS) is 9.92. The third-order valence-corrected chi connectivity index (χ3v) is 1.80. The zero-order valence-electron chi connectivity index (χ0n) is 6.41. The lowest BCUT2D eigenvalue weighted by Gasteiger charge is -1.87. The predicted octanol–water partition coefficient (Wildman–Crippen LogP) is 1.63. The van der Waals surface area contributed by atoms with Crippen molar-refractivity contribution in [3.63, 3.8) is 0 Å². The number of fused-ring (bicyclic) bond motifs is 1. The van der Waals surface area contributed by atoms with Gasteiger partial charge in [0.25, 0.3) is 0 Å². The lowest BCUT2D eigenvalue weighted by atomic mass is 10.2. The smallest absolute Gasteiger partial charge is 0.0841 e. The summed E-state index contributed by atoms with van der Waals surface area (Å²) in [5, 5.41) is 16.4. The van der Waals surface area contributed by atoms with Crippen molar-refractivity contribution in [1.82, 2.24) is 10.2 Å². The maximum Gasteiger partial charge on any atom is 0.0841 e. The van der Waals surface area contributed by atoms with Crippen molar-refractivity contribution in [2.75, 3.05) is 0 Å².